The fourth-order valence-corrected chi connectivity index (χ4v) is 1.97. The lowest BCUT2D eigenvalue weighted by Crippen LogP contribution is -2.09. The highest BCUT2D eigenvalue weighted by Crippen LogP contribution is 2.26. The molecular formula is C15H13ClF3N. The Morgan fingerprint density at radius 3 is 2.35 bits per heavy atom. The van der Waals surface area contributed by atoms with Gasteiger partial charge in [-0.15, -0.1) is 0 Å². The first-order valence-corrected chi connectivity index (χ1v) is 6.43. The first kappa shape index (κ1) is 14.7. The van der Waals surface area contributed by atoms with Crippen molar-refractivity contribution in [3.63, 3.8) is 0 Å². The molecule has 106 valence electrons. The lowest BCUT2D eigenvalue weighted by Gasteiger charge is -2.17. The van der Waals surface area contributed by atoms with Crippen LogP contribution in [0.2, 0.25) is 5.02 Å². The summed E-state index contributed by atoms with van der Waals surface area (Å²) in [6.07, 6.45) is 0. The van der Waals surface area contributed by atoms with E-state index in [9.17, 15) is 13.2 Å². The van der Waals surface area contributed by atoms with Gasteiger partial charge >= 0.3 is 0 Å². The lowest BCUT2D eigenvalue weighted by atomic mass is 10.1. The second-order valence-electron chi connectivity index (χ2n) is 4.62. The SMILES string of the molecule is Cc1cc(F)c(NC(C)c2ccc(Cl)c(F)c2)cc1F. The largest absolute Gasteiger partial charge is 0.376 e. The Hall–Kier alpha value is -1.68. The van der Waals surface area contributed by atoms with E-state index < -0.39 is 23.5 Å². The predicted octanol–water partition coefficient (Wildman–Crippen LogP) is 5.24. The van der Waals surface area contributed by atoms with Gasteiger partial charge in [-0.05, 0) is 43.2 Å². The summed E-state index contributed by atoms with van der Waals surface area (Å²) in [5.74, 6) is -1.60. The summed E-state index contributed by atoms with van der Waals surface area (Å²) in [6, 6.07) is 6.14. The Balaban J connectivity index is 2.25. The third-order valence-corrected chi connectivity index (χ3v) is 3.37. The van der Waals surface area contributed by atoms with Gasteiger partial charge < -0.3 is 5.32 Å². The van der Waals surface area contributed by atoms with E-state index in [-0.39, 0.29) is 16.3 Å². The van der Waals surface area contributed by atoms with Gasteiger partial charge in [-0.3, -0.25) is 0 Å². The summed E-state index contributed by atoms with van der Waals surface area (Å²) in [5.41, 5.74) is 0.862. The van der Waals surface area contributed by atoms with E-state index >= 15 is 0 Å². The number of anilines is 1. The molecule has 0 heterocycles. The molecule has 20 heavy (non-hydrogen) atoms. The van der Waals surface area contributed by atoms with Crippen LogP contribution >= 0.6 is 11.6 Å². The van der Waals surface area contributed by atoms with E-state index in [2.05, 4.69) is 5.32 Å². The van der Waals surface area contributed by atoms with E-state index in [4.69, 9.17) is 11.6 Å². The predicted molar refractivity (Wildman–Crippen MR) is 74.5 cm³/mol. The van der Waals surface area contributed by atoms with Gasteiger partial charge in [-0.25, -0.2) is 13.2 Å². The fraction of sp³-hybridized carbons (Fsp3) is 0.200. The third kappa shape index (κ3) is 3.07. The highest BCUT2D eigenvalue weighted by molar-refractivity contribution is 6.30. The molecule has 2 aromatic carbocycles. The maximum Gasteiger partial charge on any atom is 0.146 e. The summed E-state index contributed by atoms with van der Waals surface area (Å²) in [4.78, 5) is 0. The molecule has 5 heteroatoms. The molecule has 1 N–H and O–H groups in total. The quantitative estimate of drug-likeness (QED) is 0.817. The van der Waals surface area contributed by atoms with E-state index in [1.54, 1.807) is 13.0 Å². The molecule has 0 saturated heterocycles. The van der Waals surface area contributed by atoms with E-state index in [1.807, 2.05) is 0 Å². The highest BCUT2D eigenvalue weighted by atomic mass is 35.5. The van der Waals surface area contributed by atoms with Crippen molar-refractivity contribution in [3.8, 4) is 0 Å². The zero-order chi connectivity index (χ0) is 14.9. The number of rotatable bonds is 3. The number of hydrogen-bond acceptors (Lipinski definition) is 1. The van der Waals surface area contributed by atoms with Crippen molar-refractivity contribution in [1.29, 1.82) is 0 Å². The number of halogens is 4. The van der Waals surface area contributed by atoms with Crippen LogP contribution in [-0.4, -0.2) is 0 Å². The van der Waals surface area contributed by atoms with Gasteiger partial charge in [0.2, 0.25) is 0 Å². The topological polar surface area (TPSA) is 12.0 Å². The van der Waals surface area contributed by atoms with Crippen molar-refractivity contribution in [2.45, 2.75) is 19.9 Å². The average Bonchev–Trinajstić information content (AvgIpc) is 2.39. The molecule has 1 nitrogen and oxygen atoms in total. The molecule has 0 aliphatic carbocycles. The summed E-state index contributed by atoms with van der Waals surface area (Å²) in [6.45, 7) is 3.21. The van der Waals surface area contributed by atoms with Crippen molar-refractivity contribution in [1.82, 2.24) is 0 Å². The zero-order valence-corrected chi connectivity index (χ0v) is 11.7. The molecule has 0 amide bonds. The van der Waals surface area contributed by atoms with Crippen molar-refractivity contribution in [2.75, 3.05) is 5.32 Å². The molecule has 0 spiro atoms. The second-order valence-corrected chi connectivity index (χ2v) is 5.03. The molecule has 0 aliphatic heterocycles. The minimum absolute atomic E-state index is 0.0218. The molecule has 0 bridgehead atoms. The van der Waals surface area contributed by atoms with Gasteiger partial charge in [0.15, 0.2) is 0 Å². The summed E-state index contributed by atoms with van der Waals surface area (Å²) >= 11 is 5.60. The van der Waals surface area contributed by atoms with Crippen LogP contribution in [0.1, 0.15) is 24.1 Å². The molecule has 2 rings (SSSR count). The Morgan fingerprint density at radius 2 is 1.70 bits per heavy atom. The smallest absolute Gasteiger partial charge is 0.146 e. The summed E-state index contributed by atoms with van der Waals surface area (Å²) in [7, 11) is 0. The lowest BCUT2D eigenvalue weighted by molar-refractivity contribution is 0.592. The van der Waals surface area contributed by atoms with Crippen LogP contribution in [-0.2, 0) is 0 Å². The molecule has 0 aliphatic rings. The summed E-state index contributed by atoms with van der Waals surface area (Å²) in [5, 5.41) is 2.84. The normalized spacial score (nSPS) is 12.3. The van der Waals surface area contributed by atoms with E-state index in [1.165, 1.54) is 19.1 Å². The zero-order valence-electron chi connectivity index (χ0n) is 11.0. The van der Waals surface area contributed by atoms with Crippen LogP contribution in [0.3, 0.4) is 0 Å². The minimum atomic E-state index is -0.551. The van der Waals surface area contributed by atoms with Crippen LogP contribution in [0, 0.1) is 24.4 Å². The number of aryl methyl sites for hydroxylation is 1. The second kappa shape index (κ2) is 5.75. The van der Waals surface area contributed by atoms with Crippen LogP contribution in [0.4, 0.5) is 18.9 Å². The molecule has 1 atom stereocenters. The molecule has 0 aromatic heterocycles. The molecule has 1 unspecified atom stereocenters. The van der Waals surface area contributed by atoms with Gasteiger partial charge in [0.25, 0.3) is 0 Å². The van der Waals surface area contributed by atoms with Gasteiger partial charge in [0.05, 0.1) is 10.7 Å². The van der Waals surface area contributed by atoms with Gasteiger partial charge in [-0.1, -0.05) is 17.7 Å². The van der Waals surface area contributed by atoms with Gasteiger partial charge in [0, 0.05) is 12.1 Å². The number of hydrogen-bond donors (Lipinski definition) is 1. The van der Waals surface area contributed by atoms with Crippen molar-refractivity contribution in [2.24, 2.45) is 0 Å². The van der Waals surface area contributed by atoms with Crippen molar-refractivity contribution in [3.05, 3.63) is 63.9 Å². The van der Waals surface area contributed by atoms with E-state index in [0.717, 1.165) is 12.1 Å². The van der Waals surface area contributed by atoms with Crippen LogP contribution in [0.5, 0.6) is 0 Å². The number of benzene rings is 2. The maximum absolute atomic E-state index is 13.7. The number of nitrogens with one attached hydrogen (secondary N) is 1. The molecule has 0 saturated carbocycles. The fourth-order valence-electron chi connectivity index (χ4n) is 1.86. The molecule has 2 aromatic rings. The Labute approximate surface area is 120 Å². The van der Waals surface area contributed by atoms with Gasteiger partial charge in [0.1, 0.15) is 17.5 Å². The minimum Gasteiger partial charge on any atom is -0.376 e. The van der Waals surface area contributed by atoms with Crippen LogP contribution in [0.15, 0.2) is 30.3 Å². The summed E-state index contributed by atoms with van der Waals surface area (Å²) < 4.78 is 40.6. The Bertz CT molecular complexity index is 643. The van der Waals surface area contributed by atoms with Crippen molar-refractivity contribution >= 4 is 17.3 Å². The monoisotopic (exact) mass is 299 g/mol. The maximum atomic E-state index is 13.7. The Morgan fingerprint density at radius 1 is 1.00 bits per heavy atom. The molecule has 0 radical (unpaired) electrons. The molecular weight excluding hydrogens is 287 g/mol. The first-order chi connectivity index (χ1) is 9.38. The third-order valence-electron chi connectivity index (χ3n) is 3.06. The van der Waals surface area contributed by atoms with E-state index in [0.29, 0.717) is 5.56 Å². The highest BCUT2D eigenvalue weighted by Gasteiger charge is 2.12. The standard InChI is InChI=1S/C15H13ClF3N/c1-8-5-14(19)15(7-12(8)17)20-9(2)10-3-4-11(16)13(18)6-10/h3-7,9,20H,1-2H3. The van der Waals surface area contributed by atoms with Crippen LogP contribution in [0.25, 0.3) is 0 Å². The van der Waals surface area contributed by atoms with Crippen molar-refractivity contribution < 1.29 is 13.2 Å². The molecule has 0 fully saturated rings. The average molecular weight is 300 g/mol. The first-order valence-electron chi connectivity index (χ1n) is 6.05. The van der Waals surface area contributed by atoms with Crippen LogP contribution < -0.4 is 5.32 Å². The Kier molecular flexibility index (Phi) is 4.23. The van der Waals surface area contributed by atoms with Gasteiger partial charge in [-0.2, -0.15) is 0 Å².